The van der Waals surface area contributed by atoms with Gasteiger partial charge in [-0.1, -0.05) is 0 Å². The van der Waals surface area contributed by atoms with E-state index in [1.54, 1.807) is 0 Å². The molecule has 1 aromatic rings. The number of phosphoric acid groups is 3. The van der Waals surface area contributed by atoms with Crippen LogP contribution in [-0.2, 0) is 38.6 Å². The van der Waals surface area contributed by atoms with Gasteiger partial charge in [-0.25, -0.2) is 18.5 Å². The van der Waals surface area contributed by atoms with Crippen LogP contribution in [-0.4, -0.2) is 64.3 Å². The number of H-pyrrole nitrogens is 1. The lowest BCUT2D eigenvalue weighted by Gasteiger charge is -2.19. The van der Waals surface area contributed by atoms with Crippen LogP contribution in [0.5, 0.6) is 0 Å². The Bertz CT molecular complexity index is 1090. The van der Waals surface area contributed by atoms with Crippen LogP contribution in [0.1, 0.15) is 17.4 Å². The van der Waals surface area contributed by atoms with Crippen molar-refractivity contribution in [3.63, 3.8) is 0 Å². The molecule has 0 spiro atoms. The SMILES string of the molecule is Cc1c([C@@H]2O[C@H](COP(=O)(O)OP(=O)(O)OP(=O)(O)O)[C@@H](O)[C@H]2O)c(=O)[nH]c(=O)n1C. The molecule has 0 saturated carbocycles. The molecule has 20 heteroatoms. The maximum absolute atomic E-state index is 12.1. The Morgan fingerprint density at radius 2 is 1.61 bits per heavy atom. The van der Waals surface area contributed by atoms with Crippen molar-refractivity contribution < 1.29 is 61.4 Å². The number of nitrogens with one attached hydrogen (secondary N) is 1. The third-order valence-corrected chi connectivity index (χ3v) is 7.93. The number of hydrogen-bond donors (Lipinski definition) is 7. The first-order valence-electron chi connectivity index (χ1n) is 8.04. The highest BCUT2D eigenvalue weighted by molar-refractivity contribution is 7.66. The van der Waals surface area contributed by atoms with Crippen LogP contribution in [0.25, 0.3) is 0 Å². The molecule has 2 rings (SSSR count). The highest BCUT2D eigenvalue weighted by Gasteiger charge is 2.47. The Labute approximate surface area is 172 Å². The molecule has 2 heterocycles. The smallest absolute Gasteiger partial charge is 0.387 e. The Morgan fingerprint density at radius 3 is 2.16 bits per heavy atom. The van der Waals surface area contributed by atoms with E-state index in [-0.39, 0.29) is 11.3 Å². The number of aromatic amines is 1. The fraction of sp³-hybridized carbons (Fsp3) is 0.636. The van der Waals surface area contributed by atoms with Crippen molar-refractivity contribution >= 4 is 23.5 Å². The zero-order valence-electron chi connectivity index (χ0n) is 15.7. The second-order valence-corrected chi connectivity index (χ2v) is 10.7. The topological polar surface area (TPSA) is 264 Å². The van der Waals surface area contributed by atoms with E-state index < -0.39 is 65.7 Å². The number of phosphoric ester groups is 1. The van der Waals surface area contributed by atoms with E-state index in [4.69, 9.17) is 19.4 Å². The Kier molecular flexibility index (Phi) is 7.68. The van der Waals surface area contributed by atoms with Crippen LogP contribution in [0.3, 0.4) is 0 Å². The highest BCUT2D eigenvalue weighted by atomic mass is 31.3. The van der Waals surface area contributed by atoms with Gasteiger partial charge in [-0.05, 0) is 6.92 Å². The number of aromatic nitrogens is 2. The van der Waals surface area contributed by atoms with Crippen molar-refractivity contribution in [2.75, 3.05) is 6.61 Å². The molecule has 1 fully saturated rings. The van der Waals surface area contributed by atoms with Gasteiger partial charge < -0.3 is 39.1 Å². The van der Waals surface area contributed by atoms with Crippen molar-refractivity contribution in [3.8, 4) is 0 Å². The number of hydrogen-bond acceptors (Lipinski definition) is 11. The number of ether oxygens (including phenoxy) is 1. The summed E-state index contributed by atoms with van der Waals surface area (Å²) >= 11 is 0. The minimum absolute atomic E-state index is 0.0959. The first-order chi connectivity index (χ1) is 13.9. The van der Waals surface area contributed by atoms with Crippen LogP contribution in [0, 0.1) is 6.92 Å². The average Bonchev–Trinajstić information content (AvgIpc) is 2.83. The predicted octanol–water partition coefficient (Wildman–Crippen LogP) is -2.11. The van der Waals surface area contributed by atoms with Crippen LogP contribution in [0.4, 0.5) is 0 Å². The maximum atomic E-state index is 12.1. The highest BCUT2D eigenvalue weighted by Crippen LogP contribution is 2.66. The van der Waals surface area contributed by atoms with Gasteiger partial charge >= 0.3 is 29.2 Å². The molecule has 6 atom stereocenters. The van der Waals surface area contributed by atoms with Gasteiger partial charge in [-0.15, -0.1) is 0 Å². The van der Waals surface area contributed by atoms with Gasteiger partial charge in [0.05, 0.1) is 12.2 Å². The van der Waals surface area contributed by atoms with Crippen molar-refractivity contribution in [2.45, 2.75) is 31.3 Å². The summed E-state index contributed by atoms with van der Waals surface area (Å²) in [6.07, 6.45) is -6.58. The molecule has 1 saturated heterocycles. The summed E-state index contributed by atoms with van der Waals surface area (Å²) in [7, 11) is -15.5. The Morgan fingerprint density at radius 1 is 1.03 bits per heavy atom. The van der Waals surface area contributed by atoms with Crippen LogP contribution >= 0.6 is 23.5 Å². The zero-order chi connectivity index (χ0) is 23.9. The molecule has 1 aliphatic heterocycles. The van der Waals surface area contributed by atoms with Gasteiger partial charge in [0.25, 0.3) is 5.56 Å². The van der Waals surface area contributed by atoms with E-state index in [9.17, 15) is 38.4 Å². The molecule has 31 heavy (non-hydrogen) atoms. The summed E-state index contributed by atoms with van der Waals surface area (Å²) in [6, 6.07) is 0. The molecular formula is C11H19N2O15P3. The minimum atomic E-state index is -5.74. The summed E-state index contributed by atoms with van der Waals surface area (Å²) in [6.45, 7) is 0.328. The molecule has 0 aromatic carbocycles. The van der Waals surface area contributed by atoms with Gasteiger partial charge in [0.1, 0.15) is 24.4 Å². The van der Waals surface area contributed by atoms with E-state index in [1.807, 2.05) is 4.98 Å². The average molecular weight is 512 g/mol. The molecule has 1 aromatic heterocycles. The standard InChI is InChI=1S/C11H19N2O15P3/c1-4-6(10(16)12-11(17)13(4)2)9-8(15)7(14)5(26-9)3-25-30(21,22)28-31(23,24)27-29(18,19)20/h5,7-9,14-15H,3H2,1-2H3,(H,21,22)(H,23,24)(H,12,16,17)(H2,18,19,20)/t5-,7-,8-,9+/m1/s1. The van der Waals surface area contributed by atoms with Crippen molar-refractivity contribution in [2.24, 2.45) is 7.05 Å². The van der Waals surface area contributed by atoms with Crippen LogP contribution in [0.15, 0.2) is 9.59 Å². The molecular weight excluding hydrogens is 493 g/mol. The molecule has 0 radical (unpaired) electrons. The second kappa shape index (κ2) is 9.08. The molecule has 7 N–H and O–H groups in total. The lowest BCUT2D eigenvalue weighted by molar-refractivity contribution is -0.0230. The molecule has 178 valence electrons. The third kappa shape index (κ3) is 6.49. The van der Waals surface area contributed by atoms with E-state index in [2.05, 4.69) is 13.1 Å². The summed E-state index contributed by atoms with van der Waals surface area (Å²) in [5.41, 5.74) is -1.78. The van der Waals surface area contributed by atoms with Gasteiger partial charge in [-0.3, -0.25) is 14.3 Å². The van der Waals surface area contributed by atoms with Gasteiger partial charge in [-0.2, -0.15) is 8.62 Å². The summed E-state index contributed by atoms with van der Waals surface area (Å²) in [5.74, 6) is 0. The second-order valence-electron chi connectivity index (χ2n) is 6.28. The minimum Gasteiger partial charge on any atom is -0.387 e. The maximum Gasteiger partial charge on any atom is 0.490 e. The first kappa shape index (κ1) is 26.2. The molecule has 0 aliphatic carbocycles. The fourth-order valence-electron chi connectivity index (χ4n) is 2.68. The van der Waals surface area contributed by atoms with Crippen LogP contribution < -0.4 is 11.2 Å². The first-order valence-corrected chi connectivity index (χ1v) is 12.6. The van der Waals surface area contributed by atoms with Gasteiger partial charge in [0.15, 0.2) is 0 Å². The van der Waals surface area contributed by atoms with Gasteiger partial charge in [0, 0.05) is 12.7 Å². The van der Waals surface area contributed by atoms with Crippen molar-refractivity contribution in [1.29, 1.82) is 0 Å². The zero-order valence-corrected chi connectivity index (χ0v) is 18.3. The Hall–Kier alpha value is -1.03. The number of aliphatic hydroxyl groups is 2. The molecule has 2 unspecified atom stereocenters. The normalized spacial score (nSPS) is 28.3. The monoisotopic (exact) mass is 512 g/mol. The largest absolute Gasteiger partial charge is 0.490 e. The van der Waals surface area contributed by atoms with E-state index >= 15 is 0 Å². The van der Waals surface area contributed by atoms with E-state index in [1.165, 1.54) is 14.0 Å². The van der Waals surface area contributed by atoms with E-state index in [0.29, 0.717) is 0 Å². The van der Waals surface area contributed by atoms with Crippen molar-refractivity contribution in [1.82, 2.24) is 9.55 Å². The lowest BCUT2D eigenvalue weighted by Crippen LogP contribution is -2.37. The predicted molar refractivity (Wildman–Crippen MR) is 96.5 cm³/mol. The fourth-order valence-corrected chi connectivity index (χ4v) is 5.71. The lowest BCUT2D eigenvalue weighted by atomic mass is 10.0. The molecule has 0 bridgehead atoms. The quantitative estimate of drug-likeness (QED) is 0.184. The Balaban J connectivity index is 2.15. The molecule has 0 amide bonds. The number of nitrogens with zero attached hydrogens (tertiary/aromatic N) is 1. The molecule has 1 aliphatic rings. The number of aliphatic hydroxyl groups excluding tert-OH is 2. The number of rotatable bonds is 8. The molecule has 17 nitrogen and oxygen atoms in total. The van der Waals surface area contributed by atoms with Crippen LogP contribution in [0.2, 0.25) is 0 Å². The summed E-state index contributed by atoms with van der Waals surface area (Å²) in [4.78, 5) is 61.2. The van der Waals surface area contributed by atoms with E-state index in [0.717, 1.165) is 4.57 Å². The summed E-state index contributed by atoms with van der Waals surface area (Å²) in [5, 5.41) is 20.3. The van der Waals surface area contributed by atoms with Gasteiger partial charge in [0.2, 0.25) is 0 Å². The third-order valence-electron chi connectivity index (χ3n) is 4.13. The summed E-state index contributed by atoms with van der Waals surface area (Å²) < 4.78 is 51.4. The van der Waals surface area contributed by atoms with Crippen molar-refractivity contribution in [3.05, 3.63) is 32.1 Å².